The maximum Gasteiger partial charge on any atom is 0.0632 e. The van der Waals surface area contributed by atoms with Gasteiger partial charge in [0.1, 0.15) is 0 Å². The van der Waals surface area contributed by atoms with Gasteiger partial charge in [0.15, 0.2) is 0 Å². The number of nitrogens with zero attached hydrogens (tertiary/aromatic N) is 2. The highest BCUT2D eigenvalue weighted by molar-refractivity contribution is 6.09. The second-order valence-corrected chi connectivity index (χ2v) is 15.6. The van der Waals surface area contributed by atoms with Gasteiger partial charge in [-0.1, -0.05) is 147 Å². The number of hydrogen-bond acceptors (Lipinski definition) is 1. The molecule has 7 aromatic rings. The second kappa shape index (κ2) is 11.4. The highest BCUT2D eigenvalue weighted by Crippen LogP contribution is 2.57. The van der Waals surface area contributed by atoms with E-state index in [1.807, 2.05) is 0 Å². The first-order valence-electron chi connectivity index (χ1n) is 19.0. The number of rotatable bonds is 4. The number of para-hydroxylation sites is 1. The van der Waals surface area contributed by atoms with E-state index in [9.17, 15) is 0 Å². The Morgan fingerprint density at radius 3 is 2.17 bits per heavy atom. The molecule has 0 saturated carbocycles. The molecule has 0 fully saturated rings. The topological polar surface area (TPSA) is 8.17 Å². The van der Waals surface area contributed by atoms with E-state index < -0.39 is 0 Å². The molecule has 254 valence electrons. The van der Waals surface area contributed by atoms with Crippen LogP contribution in [0.3, 0.4) is 0 Å². The van der Waals surface area contributed by atoms with E-state index in [1.165, 1.54) is 83.3 Å². The van der Waals surface area contributed by atoms with Crippen molar-refractivity contribution < 1.29 is 0 Å². The van der Waals surface area contributed by atoms with E-state index in [2.05, 4.69) is 199 Å². The number of hydrogen-bond donors (Lipinski definition) is 0. The number of fused-ring (bicyclic) bond motifs is 9. The Kier molecular flexibility index (Phi) is 6.58. The van der Waals surface area contributed by atoms with Crippen molar-refractivity contribution in [1.29, 1.82) is 0 Å². The molecular formula is C51H40N2. The quantitative estimate of drug-likeness (QED) is 0.180. The van der Waals surface area contributed by atoms with Crippen LogP contribution < -0.4 is 4.90 Å². The van der Waals surface area contributed by atoms with Crippen molar-refractivity contribution in [2.45, 2.75) is 43.7 Å². The van der Waals surface area contributed by atoms with Gasteiger partial charge < -0.3 is 9.47 Å². The molecule has 0 N–H and O–H groups in total. The lowest BCUT2D eigenvalue weighted by molar-refractivity contribution is 0.639. The van der Waals surface area contributed by atoms with Crippen molar-refractivity contribution in [3.8, 4) is 22.3 Å². The van der Waals surface area contributed by atoms with Gasteiger partial charge in [-0.15, -0.1) is 0 Å². The Hall–Kier alpha value is -6.12. The summed E-state index contributed by atoms with van der Waals surface area (Å²) in [5.74, 6) is 0.233. The van der Waals surface area contributed by atoms with Crippen LogP contribution in [0.4, 0.5) is 11.4 Å². The average Bonchev–Trinajstić information content (AvgIpc) is 3.80. The molecule has 0 amide bonds. The fraction of sp³-hybridized carbons (Fsp3) is 0.137. The van der Waals surface area contributed by atoms with Crippen molar-refractivity contribution in [3.05, 3.63) is 198 Å². The molecule has 2 nitrogen and oxygen atoms in total. The molecule has 0 bridgehead atoms. The summed E-state index contributed by atoms with van der Waals surface area (Å²) in [6.07, 6.45) is 15.2. The molecule has 1 aliphatic heterocycles. The predicted molar refractivity (Wildman–Crippen MR) is 223 cm³/mol. The normalized spacial score (nSPS) is 20.6. The molecule has 0 saturated heterocycles. The van der Waals surface area contributed by atoms with Gasteiger partial charge in [0.05, 0.1) is 12.1 Å². The zero-order valence-electron chi connectivity index (χ0n) is 30.1. The SMILES string of the molecule is CC1(C)C2=CC3C(C=C2c2ccccc21)c1cc(-c2ccc4c(c2)c2ccccc2n4C2C=CC=CC2)ccc1N3c1ccc(-c2ccccc2)cc1. The Balaban J connectivity index is 1.06. The third kappa shape index (κ3) is 4.51. The third-order valence-corrected chi connectivity index (χ3v) is 12.4. The van der Waals surface area contributed by atoms with E-state index in [4.69, 9.17) is 0 Å². The molecular weight excluding hydrogens is 641 g/mol. The highest BCUT2D eigenvalue weighted by Gasteiger charge is 2.46. The molecule has 0 radical (unpaired) electrons. The van der Waals surface area contributed by atoms with Crippen LogP contribution in [0, 0.1) is 0 Å². The minimum Gasteiger partial charge on any atom is -0.333 e. The van der Waals surface area contributed by atoms with Gasteiger partial charge in [0.25, 0.3) is 0 Å². The van der Waals surface area contributed by atoms with Crippen molar-refractivity contribution in [2.24, 2.45) is 0 Å². The van der Waals surface area contributed by atoms with E-state index >= 15 is 0 Å². The van der Waals surface area contributed by atoms with E-state index in [0.29, 0.717) is 6.04 Å². The van der Waals surface area contributed by atoms with Crippen molar-refractivity contribution in [2.75, 3.05) is 4.90 Å². The van der Waals surface area contributed by atoms with Crippen LogP contribution >= 0.6 is 0 Å². The van der Waals surface area contributed by atoms with Crippen LogP contribution in [0.1, 0.15) is 48.9 Å². The van der Waals surface area contributed by atoms with E-state index in [-0.39, 0.29) is 17.4 Å². The van der Waals surface area contributed by atoms with E-state index in [1.54, 1.807) is 0 Å². The first kappa shape index (κ1) is 30.5. The monoisotopic (exact) mass is 680 g/mol. The molecule has 4 aliphatic rings. The highest BCUT2D eigenvalue weighted by atomic mass is 15.2. The van der Waals surface area contributed by atoms with Crippen molar-refractivity contribution in [1.82, 2.24) is 4.57 Å². The maximum atomic E-state index is 2.60. The molecule has 1 aromatic heterocycles. The number of benzene rings is 6. The minimum atomic E-state index is -0.0472. The van der Waals surface area contributed by atoms with Gasteiger partial charge in [0.2, 0.25) is 0 Å². The number of aromatic nitrogens is 1. The maximum absolute atomic E-state index is 2.60. The smallest absolute Gasteiger partial charge is 0.0632 e. The summed E-state index contributed by atoms with van der Waals surface area (Å²) in [6, 6.07) is 52.7. The third-order valence-electron chi connectivity index (χ3n) is 12.4. The molecule has 3 atom stereocenters. The van der Waals surface area contributed by atoms with Gasteiger partial charge in [-0.05, 0) is 99.0 Å². The van der Waals surface area contributed by atoms with Crippen LogP contribution in [0.15, 0.2) is 182 Å². The summed E-state index contributed by atoms with van der Waals surface area (Å²) < 4.78 is 2.53. The Bertz CT molecular complexity index is 2730. The lowest BCUT2D eigenvalue weighted by Gasteiger charge is -2.33. The summed E-state index contributed by atoms with van der Waals surface area (Å²) in [4.78, 5) is 2.60. The van der Waals surface area contributed by atoms with Gasteiger partial charge in [-0.3, -0.25) is 0 Å². The lowest BCUT2D eigenvalue weighted by Crippen LogP contribution is -2.31. The summed E-state index contributed by atoms with van der Waals surface area (Å²) in [5.41, 5.74) is 17.1. The van der Waals surface area contributed by atoms with Crippen LogP contribution in [-0.4, -0.2) is 10.6 Å². The summed E-state index contributed by atoms with van der Waals surface area (Å²) in [7, 11) is 0. The molecule has 3 aliphatic carbocycles. The van der Waals surface area contributed by atoms with Gasteiger partial charge in [0, 0.05) is 44.5 Å². The van der Waals surface area contributed by atoms with Crippen LogP contribution in [0.25, 0.3) is 49.6 Å². The van der Waals surface area contributed by atoms with Crippen molar-refractivity contribution >= 4 is 38.8 Å². The second-order valence-electron chi connectivity index (χ2n) is 15.6. The molecule has 3 unspecified atom stereocenters. The minimum absolute atomic E-state index is 0.0472. The lowest BCUT2D eigenvalue weighted by atomic mass is 9.77. The van der Waals surface area contributed by atoms with Gasteiger partial charge in [-0.25, -0.2) is 0 Å². The summed E-state index contributed by atoms with van der Waals surface area (Å²) in [6.45, 7) is 4.79. The number of allylic oxidation sites excluding steroid dienone is 6. The van der Waals surface area contributed by atoms with E-state index in [0.717, 1.165) is 6.42 Å². The first-order valence-corrected chi connectivity index (χ1v) is 19.0. The van der Waals surface area contributed by atoms with Crippen LogP contribution in [-0.2, 0) is 5.41 Å². The molecule has 11 rings (SSSR count). The fourth-order valence-corrected chi connectivity index (χ4v) is 9.87. The molecule has 6 aromatic carbocycles. The standard InChI is InChI=1S/C51H40N2/c1-51(2)45-19-11-9-17-39(45)41-31-44-43-30-36(35-23-27-48-42(29-35)40-18-10-12-20-47(40)52(48)37-15-7-4-8-16-37)24-28-49(43)53(50(44)32-46(41)51)38-25-21-34(22-26-38)33-13-5-3-6-14-33/h3-15,17-32,37,44,50H,16H2,1-2H3. The Morgan fingerprint density at radius 1 is 0.604 bits per heavy atom. The molecule has 2 heterocycles. The van der Waals surface area contributed by atoms with Gasteiger partial charge >= 0.3 is 0 Å². The summed E-state index contributed by atoms with van der Waals surface area (Å²) in [5, 5.41) is 2.63. The zero-order valence-corrected chi connectivity index (χ0v) is 30.1. The van der Waals surface area contributed by atoms with Crippen LogP contribution in [0.2, 0.25) is 0 Å². The Labute approximate surface area is 311 Å². The van der Waals surface area contributed by atoms with Crippen molar-refractivity contribution in [3.63, 3.8) is 0 Å². The fourth-order valence-electron chi connectivity index (χ4n) is 9.87. The number of anilines is 2. The Morgan fingerprint density at radius 2 is 1.32 bits per heavy atom. The predicted octanol–water partition coefficient (Wildman–Crippen LogP) is 13.1. The average molecular weight is 681 g/mol. The molecule has 53 heavy (non-hydrogen) atoms. The van der Waals surface area contributed by atoms with Gasteiger partial charge in [-0.2, -0.15) is 0 Å². The largest absolute Gasteiger partial charge is 0.333 e. The molecule has 2 heteroatoms. The summed E-state index contributed by atoms with van der Waals surface area (Å²) >= 11 is 0. The molecule has 0 spiro atoms. The zero-order chi connectivity index (χ0) is 35.3. The first-order chi connectivity index (χ1) is 26.0. The van der Waals surface area contributed by atoms with Crippen LogP contribution in [0.5, 0.6) is 0 Å².